The van der Waals surface area contributed by atoms with Crippen molar-refractivity contribution < 1.29 is 67.8 Å². The Bertz CT molecular complexity index is 1090. The Labute approximate surface area is 267 Å². The number of hydrogen-bond donors (Lipinski definition) is 0. The Hall–Kier alpha value is -4.56. The van der Waals surface area contributed by atoms with Gasteiger partial charge in [0.1, 0.15) is 11.5 Å². The van der Waals surface area contributed by atoms with Crippen molar-refractivity contribution in [3.63, 3.8) is 0 Å². The molecule has 0 saturated carbocycles. The van der Waals surface area contributed by atoms with Crippen LogP contribution in [0.5, 0.6) is 11.5 Å². The number of ether oxygens (including phenoxy) is 4. The monoisotopic (exact) mass is 650 g/mol. The van der Waals surface area contributed by atoms with Gasteiger partial charge >= 0.3 is 24.2 Å². The zero-order valence-electron chi connectivity index (χ0n) is 26.2. The van der Waals surface area contributed by atoms with E-state index in [0.717, 1.165) is 51.4 Å². The van der Waals surface area contributed by atoms with Crippen molar-refractivity contribution in [1.82, 2.24) is 0 Å². The minimum Gasteiger partial charge on any atom is -0.494 e. The zero-order valence-corrected chi connectivity index (χ0v) is 26.2. The van der Waals surface area contributed by atoms with E-state index in [9.17, 15) is 19.2 Å². The number of rotatable bonds is 23. The molecule has 2 aromatic carbocycles. The van der Waals surface area contributed by atoms with E-state index in [4.69, 9.17) is 18.9 Å². The second-order valence-electron chi connectivity index (χ2n) is 9.70. The number of carbonyl (C=O) groups is 4. The molecule has 0 saturated heterocycles. The van der Waals surface area contributed by atoms with Crippen molar-refractivity contribution in [3.05, 3.63) is 59.7 Å². The first kappa shape index (κ1) is 37.6. The number of carbonyl (C=O) groups excluding carboxylic acids is 4. The Morgan fingerprint density at radius 3 is 1.24 bits per heavy atom. The predicted octanol–water partition coefficient (Wildman–Crippen LogP) is 7.40. The van der Waals surface area contributed by atoms with Crippen LogP contribution in [0.25, 0.3) is 0 Å². The zero-order chi connectivity index (χ0) is 33.2. The molecule has 254 valence electrons. The lowest BCUT2D eigenvalue weighted by atomic mass is 10.1. The van der Waals surface area contributed by atoms with E-state index < -0.39 is 24.2 Å². The highest BCUT2D eigenvalue weighted by Gasteiger charge is 2.14. The third-order valence-corrected chi connectivity index (χ3v) is 6.16. The van der Waals surface area contributed by atoms with Crippen LogP contribution in [-0.2, 0) is 39.1 Å². The maximum absolute atomic E-state index is 11.9. The lowest BCUT2D eigenvalue weighted by molar-refractivity contribution is -0.452. The quantitative estimate of drug-likeness (QED) is 0.0506. The van der Waals surface area contributed by atoms with Crippen LogP contribution in [0.4, 0.5) is 9.59 Å². The minimum atomic E-state index is -1.10. The van der Waals surface area contributed by atoms with Gasteiger partial charge in [0.2, 0.25) is 0 Å². The van der Waals surface area contributed by atoms with Gasteiger partial charge in [0, 0.05) is 0 Å². The van der Waals surface area contributed by atoms with Crippen LogP contribution in [0.3, 0.4) is 0 Å². The summed E-state index contributed by atoms with van der Waals surface area (Å²) in [5.74, 6) is -0.711. The van der Waals surface area contributed by atoms with Gasteiger partial charge in [-0.2, -0.15) is 0 Å². The van der Waals surface area contributed by atoms with Crippen molar-refractivity contribution in [2.75, 3.05) is 26.4 Å². The first-order chi connectivity index (χ1) is 22.4. The summed E-state index contributed by atoms with van der Waals surface area (Å²) in [4.78, 5) is 64.3. The molecule has 0 fully saturated rings. The highest BCUT2D eigenvalue weighted by Crippen LogP contribution is 2.16. The Kier molecular flexibility index (Phi) is 19.4. The standard InChI is InChI=1S/C32H42O14/c1-3-37-27-19-15-17-25(23-27)29(33)41-45-43-31(35)39-21-13-11-9-7-5-6-8-10-12-14-22-40-32(36)44-46-42-30(34)26-18-16-20-28(24-26)38-4-2/h15-20,23-24H,3-14,21-22H2,1-2H3. The minimum absolute atomic E-state index is 0.156. The molecule has 0 aliphatic carbocycles. The van der Waals surface area contributed by atoms with Gasteiger partial charge < -0.3 is 18.9 Å². The van der Waals surface area contributed by atoms with Gasteiger partial charge in [-0.1, -0.05) is 63.5 Å². The number of hydrogen-bond acceptors (Lipinski definition) is 14. The number of benzene rings is 2. The molecule has 46 heavy (non-hydrogen) atoms. The van der Waals surface area contributed by atoms with Crippen molar-refractivity contribution >= 4 is 24.2 Å². The molecule has 0 aliphatic rings. The van der Waals surface area contributed by atoms with Crippen molar-refractivity contribution in [3.8, 4) is 11.5 Å². The summed E-state index contributed by atoms with van der Waals surface area (Å²) in [7, 11) is 0. The van der Waals surface area contributed by atoms with Gasteiger partial charge in [-0.3, -0.25) is 9.78 Å². The molecule has 0 atom stereocenters. The molecular formula is C32H42O14. The molecule has 0 aliphatic heterocycles. The van der Waals surface area contributed by atoms with Crippen LogP contribution in [0.15, 0.2) is 48.5 Å². The topological polar surface area (TPSA) is 161 Å². The second-order valence-corrected chi connectivity index (χ2v) is 9.70. The van der Waals surface area contributed by atoms with Gasteiger partial charge in [-0.05, 0) is 63.1 Å². The van der Waals surface area contributed by atoms with Crippen LogP contribution in [0.2, 0.25) is 0 Å². The average molecular weight is 651 g/mol. The van der Waals surface area contributed by atoms with Crippen molar-refractivity contribution in [2.45, 2.75) is 78.1 Å². The summed E-state index contributed by atoms with van der Waals surface area (Å²) in [5, 5.41) is 8.43. The summed E-state index contributed by atoms with van der Waals surface area (Å²) in [6.07, 6.45) is 7.19. The third-order valence-electron chi connectivity index (χ3n) is 6.16. The first-order valence-corrected chi connectivity index (χ1v) is 15.3. The van der Waals surface area contributed by atoms with Gasteiger partial charge in [0.05, 0.1) is 47.6 Å². The first-order valence-electron chi connectivity index (χ1n) is 15.3. The molecule has 14 heteroatoms. The van der Waals surface area contributed by atoms with Crippen molar-refractivity contribution in [2.24, 2.45) is 0 Å². The lowest BCUT2D eigenvalue weighted by Crippen LogP contribution is -2.12. The Balaban J connectivity index is 1.34. The van der Waals surface area contributed by atoms with E-state index in [-0.39, 0.29) is 24.3 Å². The number of unbranched alkanes of at least 4 members (excludes halogenated alkanes) is 9. The molecule has 0 bridgehead atoms. The maximum Gasteiger partial charge on any atom is 0.543 e. The summed E-state index contributed by atoms with van der Waals surface area (Å²) in [6.45, 7) is 4.84. The molecule has 0 spiro atoms. The third kappa shape index (κ3) is 17.1. The van der Waals surface area contributed by atoms with E-state index in [1.54, 1.807) is 24.3 Å². The van der Waals surface area contributed by atoms with Gasteiger partial charge in [0.15, 0.2) is 0 Å². The Morgan fingerprint density at radius 2 is 0.870 bits per heavy atom. The molecule has 0 aromatic heterocycles. The van der Waals surface area contributed by atoms with Crippen LogP contribution in [-0.4, -0.2) is 50.7 Å². The molecule has 2 aromatic rings. The van der Waals surface area contributed by atoms with E-state index in [0.29, 0.717) is 37.6 Å². The fourth-order valence-corrected chi connectivity index (χ4v) is 3.98. The van der Waals surface area contributed by atoms with Crippen molar-refractivity contribution in [1.29, 1.82) is 0 Å². The summed E-state index contributed by atoms with van der Waals surface area (Å²) < 4.78 is 20.4. The van der Waals surface area contributed by atoms with Crippen LogP contribution >= 0.6 is 0 Å². The molecule has 0 heterocycles. The molecule has 2 rings (SSSR count). The van der Waals surface area contributed by atoms with Crippen LogP contribution in [0.1, 0.15) is 98.8 Å². The second kappa shape index (κ2) is 23.8. The van der Waals surface area contributed by atoms with Gasteiger partial charge in [0.25, 0.3) is 0 Å². The normalized spacial score (nSPS) is 10.4. The summed E-state index contributed by atoms with van der Waals surface area (Å²) in [6, 6.07) is 12.6. The molecular weight excluding hydrogens is 608 g/mol. The molecule has 0 N–H and O–H groups in total. The maximum atomic E-state index is 11.9. The lowest BCUT2D eigenvalue weighted by Gasteiger charge is -2.06. The molecule has 0 unspecified atom stereocenters. The van der Waals surface area contributed by atoms with E-state index >= 15 is 0 Å². The van der Waals surface area contributed by atoms with Crippen LogP contribution < -0.4 is 9.47 Å². The highest BCUT2D eigenvalue weighted by atomic mass is 17.5. The summed E-state index contributed by atoms with van der Waals surface area (Å²) in [5.41, 5.74) is 0.340. The average Bonchev–Trinajstić information content (AvgIpc) is 3.05. The highest BCUT2D eigenvalue weighted by molar-refractivity contribution is 5.89. The fourth-order valence-electron chi connectivity index (χ4n) is 3.98. The predicted molar refractivity (Wildman–Crippen MR) is 159 cm³/mol. The van der Waals surface area contributed by atoms with E-state index in [1.165, 1.54) is 24.3 Å². The van der Waals surface area contributed by atoms with E-state index in [2.05, 4.69) is 29.6 Å². The largest absolute Gasteiger partial charge is 0.543 e. The smallest absolute Gasteiger partial charge is 0.494 e. The van der Waals surface area contributed by atoms with Gasteiger partial charge in [-0.15, -0.1) is 0 Å². The SMILES string of the molecule is CCOc1cccc(C(=O)OOOC(=O)OCCCCCCCCCCCCOC(=O)OOOC(=O)c2cccc(OCC)c2)c1. The fraction of sp³-hybridized carbons (Fsp3) is 0.500. The molecule has 0 amide bonds. The van der Waals surface area contributed by atoms with E-state index in [1.807, 2.05) is 13.8 Å². The summed E-state index contributed by atoms with van der Waals surface area (Å²) >= 11 is 0. The van der Waals surface area contributed by atoms with Crippen LogP contribution in [0, 0.1) is 0 Å². The molecule has 14 nitrogen and oxygen atoms in total. The van der Waals surface area contributed by atoms with Gasteiger partial charge in [-0.25, -0.2) is 29.0 Å². The Morgan fingerprint density at radius 1 is 0.500 bits per heavy atom. The molecule has 0 radical (unpaired) electrons.